The molecule has 10 nitrogen and oxygen atoms in total. The summed E-state index contributed by atoms with van der Waals surface area (Å²) in [6.07, 6.45) is 0. The highest BCUT2D eigenvalue weighted by Gasteiger charge is 2.30. The monoisotopic (exact) mass is 613 g/mol. The van der Waals surface area contributed by atoms with Gasteiger partial charge in [-0.25, -0.2) is 0 Å². The van der Waals surface area contributed by atoms with Gasteiger partial charge in [0.1, 0.15) is 0 Å². The summed E-state index contributed by atoms with van der Waals surface area (Å²) >= 11 is 0. The fraction of sp³-hybridized carbons (Fsp3) is 0.879. The first-order valence-corrected chi connectivity index (χ1v) is 15.7. The van der Waals surface area contributed by atoms with E-state index >= 15 is 0 Å². The van der Waals surface area contributed by atoms with Crippen molar-refractivity contribution in [2.24, 2.45) is 27.4 Å². The molecule has 2 aliphatic rings. The molecule has 4 amide bonds. The number of primary amides is 1. The summed E-state index contributed by atoms with van der Waals surface area (Å²) in [5, 5.41) is 0. The van der Waals surface area contributed by atoms with Gasteiger partial charge in [0.15, 0.2) is 0 Å². The number of amides is 4. The van der Waals surface area contributed by atoms with Crippen LogP contribution in [0.2, 0.25) is 0 Å². The number of rotatable bonds is 1. The van der Waals surface area contributed by atoms with Gasteiger partial charge in [-0.15, -0.1) is 0 Å². The fourth-order valence-corrected chi connectivity index (χ4v) is 3.90. The zero-order chi connectivity index (χ0) is 34.6. The minimum atomic E-state index is -0.361. The average molecular weight is 613 g/mol. The maximum Gasteiger partial charge on any atom is 0.228 e. The largest absolute Gasteiger partial charge is 0.369 e. The topological polar surface area (TPSA) is 110 Å². The van der Waals surface area contributed by atoms with Crippen molar-refractivity contribution in [3.63, 3.8) is 0 Å². The van der Waals surface area contributed by atoms with Crippen LogP contribution in [0.1, 0.15) is 90.0 Å². The lowest BCUT2D eigenvalue weighted by molar-refractivity contribution is -0.141. The Balaban J connectivity index is 0. The van der Waals surface area contributed by atoms with E-state index in [1.807, 2.05) is 72.1 Å². The fourth-order valence-electron chi connectivity index (χ4n) is 3.90. The summed E-state index contributed by atoms with van der Waals surface area (Å²) in [6, 6.07) is 0. The van der Waals surface area contributed by atoms with Crippen LogP contribution in [0.5, 0.6) is 0 Å². The first kappa shape index (κ1) is 42.9. The summed E-state index contributed by atoms with van der Waals surface area (Å²) in [7, 11) is 5.64. The summed E-state index contributed by atoms with van der Waals surface area (Å²) in [5.74, 6) is 0.476. The Bertz CT molecular complexity index is 860. The molecule has 0 aliphatic carbocycles. The van der Waals surface area contributed by atoms with Gasteiger partial charge < -0.3 is 30.2 Å². The summed E-state index contributed by atoms with van der Waals surface area (Å²) < 4.78 is 0. The molecular formula is C33H68N6O4. The Labute approximate surface area is 264 Å². The van der Waals surface area contributed by atoms with Crippen LogP contribution in [0, 0.1) is 21.7 Å². The molecule has 2 N–H and O–H groups in total. The number of carbonyl (C=O) groups excluding carboxylic acids is 4. The lowest BCUT2D eigenvalue weighted by atomic mass is 9.94. The molecule has 0 aromatic rings. The number of nitrogens with zero attached hydrogens (tertiary/aromatic N) is 5. The van der Waals surface area contributed by atoms with Crippen molar-refractivity contribution in [2.45, 2.75) is 90.0 Å². The smallest absolute Gasteiger partial charge is 0.228 e. The van der Waals surface area contributed by atoms with Gasteiger partial charge in [-0.2, -0.15) is 0 Å². The number of likely N-dealkylation sites (N-methyl/N-ethyl adjacent to an activating group) is 2. The first-order valence-electron chi connectivity index (χ1n) is 15.7. The molecular weight excluding hydrogens is 544 g/mol. The highest BCUT2D eigenvalue weighted by Crippen LogP contribution is 2.19. The molecule has 2 rings (SSSR count). The van der Waals surface area contributed by atoms with Crippen molar-refractivity contribution in [3.8, 4) is 0 Å². The molecule has 2 saturated heterocycles. The quantitative estimate of drug-likeness (QED) is 0.484. The molecule has 10 heteroatoms. The van der Waals surface area contributed by atoms with Crippen LogP contribution >= 0.6 is 0 Å². The van der Waals surface area contributed by atoms with Gasteiger partial charge in [-0.05, 0) is 13.6 Å². The van der Waals surface area contributed by atoms with Gasteiger partial charge in [-0.3, -0.25) is 19.2 Å². The Morgan fingerprint density at radius 2 is 0.884 bits per heavy atom. The van der Waals surface area contributed by atoms with E-state index in [2.05, 4.69) is 23.8 Å². The van der Waals surface area contributed by atoms with Crippen LogP contribution in [-0.2, 0) is 19.2 Å². The third kappa shape index (κ3) is 18.3. The van der Waals surface area contributed by atoms with Crippen molar-refractivity contribution in [1.29, 1.82) is 0 Å². The number of hydrogen-bond acceptors (Lipinski definition) is 6. The van der Waals surface area contributed by atoms with Crippen LogP contribution < -0.4 is 5.73 Å². The molecule has 0 spiro atoms. The SMILES string of the molecule is CC(C)(C)C(N)=O.CCN1CCN(C(=O)C(C)(C)C)CC1.CN(C)C(=O)C(C)(C)C.CN1CCN(C(=O)C(C)(C)C)CC1. The van der Waals surface area contributed by atoms with Crippen LogP contribution in [0.15, 0.2) is 0 Å². The van der Waals surface area contributed by atoms with Crippen LogP contribution in [-0.4, -0.2) is 128 Å². The third-order valence-electron chi connectivity index (χ3n) is 6.97. The minimum absolute atomic E-state index is 0.169. The standard InChI is InChI=1S/C11H22N2O.C10H20N2O.C7H15NO.C5H11NO/c1-5-12-6-8-13(9-7-12)10(14)11(2,3)4;1-10(2,3)9(13)12-7-5-11(4)6-8-12;1-7(2,3)6(9)8(4)5;1-5(2,3)4(6)7/h5-9H2,1-4H3;5-8H2,1-4H3;1-5H3;1-3H3,(H2,6,7). The Hall–Kier alpha value is -2.20. The molecule has 0 aromatic heterocycles. The average Bonchev–Trinajstić information content (AvgIpc) is 2.86. The molecule has 0 aromatic carbocycles. The van der Waals surface area contributed by atoms with Crippen LogP contribution in [0.25, 0.3) is 0 Å². The van der Waals surface area contributed by atoms with E-state index in [4.69, 9.17) is 5.73 Å². The zero-order valence-corrected chi connectivity index (χ0v) is 30.8. The van der Waals surface area contributed by atoms with Gasteiger partial charge in [0.25, 0.3) is 0 Å². The van der Waals surface area contributed by atoms with Crippen molar-refractivity contribution in [2.75, 3.05) is 80.0 Å². The van der Waals surface area contributed by atoms with Crippen LogP contribution in [0.3, 0.4) is 0 Å². The molecule has 0 atom stereocenters. The third-order valence-corrected chi connectivity index (χ3v) is 6.97. The van der Waals surface area contributed by atoms with E-state index in [1.165, 1.54) is 0 Å². The zero-order valence-electron chi connectivity index (χ0n) is 30.8. The number of hydrogen-bond donors (Lipinski definition) is 1. The van der Waals surface area contributed by atoms with Crippen molar-refractivity contribution >= 4 is 23.6 Å². The molecule has 2 fully saturated rings. The molecule has 0 bridgehead atoms. The number of carbonyl (C=O) groups is 4. The second kappa shape index (κ2) is 17.9. The minimum Gasteiger partial charge on any atom is -0.369 e. The van der Waals surface area contributed by atoms with E-state index in [1.54, 1.807) is 39.8 Å². The maximum absolute atomic E-state index is 11.9. The van der Waals surface area contributed by atoms with Gasteiger partial charge >= 0.3 is 0 Å². The van der Waals surface area contributed by atoms with Crippen molar-refractivity contribution in [1.82, 2.24) is 24.5 Å². The number of piperazine rings is 2. The Morgan fingerprint density at radius 1 is 0.581 bits per heavy atom. The highest BCUT2D eigenvalue weighted by molar-refractivity contribution is 5.82. The molecule has 2 aliphatic heterocycles. The molecule has 43 heavy (non-hydrogen) atoms. The van der Waals surface area contributed by atoms with E-state index in [0.29, 0.717) is 0 Å². The van der Waals surface area contributed by atoms with E-state index in [9.17, 15) is 19.2 Å². The predicted octanol–water partition coefficient (Wildman–Crippen LogP) is 3.64. The first-order chi connectivity index (χ1) is 19.2. The normalized spacial score (nSPS) is 16.8. The van der Waals surface area contributed by atoms with Gasteiger partial charge in [-0.1, -0.05) is 90.0 Å². The van der Waals surface area contributed by atoms with Crippen molar-refractivity contribution < 1.29 is 19.2 Å². The second-order valence-electron chi connectivity index (χ2n) is 15.9. The maximum atomic E-state index is 11.9. The Kier molecular flexibility index (Phi) is 17.9. The van der Waals surface area contributed by atoms with Gasteiger partial charge in [0.05, 0.1) is 0 Å². The molecule has 0 saturated carbocycles. The van der Waals surface area contributed by atoms with Gasteiger partial charge in [0, 0.05) is 88.1 Å². The van der Waals surface area contributed by atoms with Crippen LogP contribution in [0.4, 0.5) is 0 Å². The Morgan fingerprint density at radius 3 is 1.07 bits per heavy atom. The van der Waals surface area contributed by atoms with E-state index < -0.39 is 0 Å². The summed E-state index contributed by atoms with van der Waals surface area (Å²) in [4.78, 5) is 55.3. The van der Waals surface area contributed by atoms with Crippen molar-refractivity contribution in [3.05, 3.63) is 0 Å². The molecule has 0 unspecified atom stereocenters. The number of nitrogens with two attached hydrogens (primary N) is 1. The lowest BCUT2D eigenvalue weighted by Crippen LogP contribution is -2.51. The second-order valence-corrected chi connectivity index (χ2v) is 15.9. The van der Waals surface area contributed by atoms with Gasteiger partial charge in [0.2, 0.25) is 23.6 Å². The highest BCUT2D eigenvalue weighted by atomic mass is 16.2. The molecule has 2 heterocycles. The summed E-state index contributed by atoms with van der Waals surface area (Å²) in [5.41, 5.74) is 3.88. The van der Waals surface area contributed by atoms with E-state index in [0.717, 1.165) is 58.9 Å². The predicted molar refractivity (Wildman–Crippen MR) is 178 cm³/mol. The molecule has 254 valence electrons. The summed E-state index contributed by atoms with van der Waals surface area (Å²) in [6.45, 7) is 33.9. The lowest BCUT2D eigenvalue weighted by Gasteiger charge is -2.37. The molecule has 0 radical (unpaired) electrons. The van der Waals surface area contributed by atoms with E-state index in [-0.39, 0.29) is 45.3 Å².